The third kappa shape index (κ3) is 2.98. The lowest BCUT2D eigenvalue weighted by molar-refractivity contribution is -0.136. The molecule has 104 valence electrons. The molecule has 2 rings (SSSR count). The Balaban J connectivity index is 2.69. The summed E-state index contributed by atoms with van der Waals surface area (Å²) in [5.41, 5.74) is 7.01. The average molecular weight is 332 g/mol. The minimum absolute atomic E-state index is 0.221. The van der Waals surface area contributed by atoms with Crippen LogP contribution in [0.3, 0.4) is 0 Å². The third-order valence-corrected chi connectivity index (χ3v) is 3.79. The van der Waals surface area contributed by atoms with Gasteiger partial charge in [-0.1, -0.05) is 34.8 Å². The monoisotopic (exact) mass is 330 g/mol. The number of nitrogen functional groups attached to an aromatic ring is 1. The summed E-state index contributed by atoms with van der Waals surface area (Å²) in [5, 5.41) is 9.90. The van der Waals surface area contributed by atoms with Crippen molar-refractivity contribution >= 4 is 46.6 Å². The first-order chi connectivity index (χ1) is 9.40. The standard InChI is InChI=1S/C13H9Cl3N2O2/c14-8-1-2-9(15)13(16)12(8)7-5-18-10(17)3-6(7)4-11(19)20/h1-3,5H,4H2,(H2,17,18)(H,19,20). The number of pyridine rings is 1. The van der Waals surface area contributed by atoms with Gasteiger partial charge in [-0.2, -0.15) is 0 Å². The van der Waals surface area contributed by atoms with Crippen LogP contribution in [0, 0.1) is 0 Å². The molecule has 4 nitrogen and oxygen atoms in total. The summed E-state index contributed by atoms with van der Waals surface area (Å²) >= 11 is 18.3. The molecule has 0 amide bonds. The highest BCUT2D eigenvalue weighted by atomic mass is 35.5. The van der Waals surface area contributed by atoms with Crippen LogP contribution in [-0.2, 0) is 11.2 Å². The van der Waals surface area contributed by atoms with Gasteiger partial charge in [0, 0.05) is 17.3 Å². The molecule has 0 bridgehead atoms. The van der Waals surface area contributed by atoms with Crippen molar-refractivity contribution in [3.63, 3.8) is 0 Å². The van der Waals surface area contributed by atoms with Gasteiger partial charge in [0.15, 0.2) is 0 Å². The predicted octanol–water partition coefficient (Wildman–Crippen LogP) is 3.92. The van der Waals surface area contributed by atoms with Crippen LogP contribution in [-0.4, -0.2) is 16.1 Å². The van der Waals surface area contributed by atoms with Crippen molar-refractivity contribution in [3.8, 4) is 11.1 Å². The molecule has 0 aliphatic carbocycles. The Labute approximate surface area is 130 Å². The third-order valence-electron chi connectivity index (χ3n) is 2.67. The van der Waals surface area contributed by atoms with Crippen molar-refractivity contribution in [1.82, 2.24) is 4.98 Å². The van der Waals surface area contributed by atoms with Crippen LogP contribution >= 0.6 is 34.8 Å². The first-order valence-corrected chi connectivity index (χ1v) is 6.63. The highest BCUT2D eigenvalue weighted by molar-refractivity contribution is 6.46. The molecule has 0 saturated carbocycles. The number of anilines is 1. The lowest BCUT2D eigenvalue weighted by atomic mass is 9.99. The van der Waals surface area contributed by atoms with Gasteiger partial charge in [0.2, 0.25) is 0 Å². The van der Waals surface area contributed by atoms with Gasteiger partial charge in [0.05, 0.1) is 21.5 Å². The molecule has 20 heavy (non-hydrogen) atoms. The van der Waals surface area contributed by atoms with Crippen LogP contribution in [0.25, 0.3) is 11.1 Å². The Morgan fingerprint density at radius 3 is 2.55 bits per heavy atom. The number of halogens is 3. The number of rotatable bonds is 3. The van der Waals surface area contributed by atoms with Gasteiger partial charge >= 0.3 is 5.97 Å². The largest absolute Gasteiger partial charge is 0.481 e. The molecule has 0 aliphatic rings. The van der Waals surface area contributed by atoms with Gasteiger partial charge in [0.25, 0.3) is 0 Å². The molecule has 0 fully saturated rings. The fourth-order valence-electron chi connectivity index (χ4n) is 1.82. The second-order valence-electron chi connectivity index (χ2n) is 4.06. The van der Waals surface area contributed by atoms with E-state index in [2.05, 4.69) is 4.98 Å². The number of carboxylic acid groups (broad SMARTS) is 1. The number of carbonyl (C=O) groups is 1. The Hall–Kier alpha value is -1.49. The number of aliphatic carboxylic acids is 1. The average Bonchev–Trinajstić information content (AvgIpc) is 2.36. The summed E-state index contributed by atoms with van der Waals surface area (Å²) in [6.07, 6.45) is 1.22. The maximum absolute atomic E-state index is 10.9. The Morgan fingerprint density at radius 1 is 1.25 bits per heavy atom. The van der Waals surface area contributed by atoms with Crippen molar-refractivity contribution in [2.75, 3.05) is 5.73 Å². The zero-order valence-electron chi connectivity index (χ0n) is 10.0. The first kappa shape index (κ1) is 14.9. The number of carboxylic acids is 1. The van der Waals surface area contributed by atoms with Crippen LogP contribution < -0.4 is 5.73 Å². The predicted molar refractivity (Wildman–Crippen MR) is 80.5 cm³/mol. The van der Waals surface area contributed by atoms with E-state index in [1.165, 1.54) is 12.3 Å². The molecule has 0 atom stereocenters. The molecule has 0 unspecified atom stereocenters. The van der Waals surface area contributed by atoms with E-state index in [4.69, 9.17) is 45.6 Å². The smallest absolute Gasteiger partial charge is 0.307 e. The Kier molecular flexibility index (Phi) is 4.38. The van der Waals surface area contributed by atoms with E-state index >= 15 is 0 Å². The number of nitrogens with two attached hydrogens (primary N) is 1. The molecule has 0 saturated heterocycles. The second-order valence-corrected chi connectivity index (χ2v) is 5.25. The molecular formula is C13H9Cl3N2O2. The summed E-state index contributed by atoms with van der Waals surface area (Å²) in [7, 11) is 0. The van der Waals surface area contributed by atoms with Crippen molar-refractivity contribution in [2.45, 2.75) is 6.42 Å². The van der Waals surface area contributed by atoms with Crippen molar-refractivity contribution < 1.29 is 9.90 Å². The van der Waals surface area contributed by atoms with Gasteiger partial charge in [0.1, 0.15) is 5.82 Å². The highest BCUT2D eigenvalue weighted by Gasteiger charge is 2.17. The molecule has 1 aromatic carbocycles. The van der Waals surface area contributed by atoms with Gasteiger partial charge < -0.3 is 10.8 Å². The van der Waals surface area contributed by atoms with Gasteiger partial charge in [-0.3, -0.25) is 4.79 Å². The van der Waals surface area contributed by atoms with E-state index < -0.39 is 5.97 Å². The molecule has 0 radical (unpaired) electrons. The zero-order valence-corrected chi connectivity index (χ0v) is 12.3. The van der Waals surface area contributed by atoms with Gasteiger partial charge in [-0.25, -0.2) is 4.98 Å². The SMILES string of the molecule is Nc1cc(CC(=O)O)c(-c2c(Cl)ccc(Cl)c2Cl)cn1. The lowest BCUT2D eigenvalue weighted by Gasteiger charge is -2.12. The summed E-state index contributed by atoms with van der Waals surface area (Å²) < 4.78 is 0. The van der Waals surface area contributed by atoms with Crippen LogP contribution in [0.15, 0.2) is 24.4 Å². The maximum atomic E-state index is 10.9. The van der Waals surface area contributed by atoms with E-state index in [1.807, 2.05) is 0 Å². The Morgan fingerprint density at radius 2 is 1.90 bits per heavy atom. The summed E-state index contributed by atoms with van der Waals surface area (Å²) in [6, 6.07) is 4.64. The van der Waals surface area contributed by atoms with E-state index in [9.17, 15) is 4.79 Å². The van der Waals surface area contributed by atoms with Crippen LogP contribution in [0.5, 0.6) is 0 Å². The Bertz CT molecular complexity index is 690. The van der Waals surface area contributed by atoms with Crippen LogP contribution in [0.1, 0.15) is 5.56 Å². The number of nitrogens with zero attached hydrogens (tertiary/aromatic N) is 1. The summed E-state index contributed by atoms with van der Waals surface area (Å²) in [6.45, 7) is 0. The fraction of sp³-hybridized carbons (Fsp3) is 0.0769. The minimum atomic E-state index is -0.994. The topological polar surface area (TPSA) is 76.2 Å². The van der Waals surface area contributed by atoms with Gasteiger partial charge in [-0.15, -0.1) is 0 Å². The molecule has 0 spiro atoms. The van der Waals surface area contributed by atoms with Gasteiger partial charge in [-0.05, 0) is 23.8 Å². The van der Waals surface area contributed by atoms with E-state index in [-0.39, 0.29) is 17.3 Å². The van der Waals surface area contributed by atoms with E-state index in [0.717, 1.165) is 0 Å². The molecule has 1 heterocycles. The molecular weight excluding hydrogens is 323 g/mol. The van der Waals surface area contributed by atoms with Crippen LogP contribution in [0.2, 0.25) is 15.1 Å². The maximum Gasteiger partial charge on any atom is 0.307 e. The molecule has 0 aliphatic heterocycles. The molecule has 2 aromatic rings. The van der Waals surface area contributed by atoms with Crippen LogP contribution in [0.4, 0.5) is 5.82 Å². The molecule has 7 heteroatoms. The van der Waals surface area contributed by atoms with E-state index in [0.29, 0.717) is 26.7 Å². The summed E-state index contributed by atoms with van der Waals surface area (Å²) in [5.74, 6) is -0.773. The first-order valence-electron chi connectivity index (χ1n) is 5.50. The molecule has 3 N–H and O–H groups in total. The van der Waals surface area contributed by atoms with Crippen molar-refractivity contribution in [2.24, 2.45) is 0 Å². The summed E-state index contributed by atoms with van der Waals surface area (Å²) in [4.78, 5) is 14.9. The molecule has 1 aromatic heterocycles. The number of benzene rings is 1. The van der Waals surface area contributed by atoms with Crippen molar-refractivity contribution in [1.29, 1.82) is 0 Å². The fourth-order valence-corrected chi connectivity index (χ4v) is 2.56. The minimum Gasteiger partial charge on any atom is -0.481 e. The number of aromatic nitrogens is 1. The second kappa shape index (κ2) is 5.87. The quantitative estimate of drug-likeness (QED) is 0.836. The highest BCUT2D eigenvalue weighted by Crippen LogP contribution is 2.40. The zero-order chi connectivity index (χ0) is 14.9. The number of hydrogen-bond donors (Lipinski definition) is 2. The lowest BCUT2D eigenvalue weighted by Crippen LogP contribution is -2.04. The normalized spacial score (nSPS) is 10.6. The number of hydrogen-bond acceptors (Lipinski definition) is 3. The van der Waals surface area contributed by atoms with Crippen molar-refractivity contribution in [3.05, 3.63) is 45.0 Å². The van der Waals surface area contributed by atoms with E-state index in [1.54, 1.807) is 12.1 Å².